The Kier molecular flexibility index (Phi) is 6.49. The molecule has 0 aliphatic carbocycles. The summed E-state index contributed by atoms with van der Waals surface area (Å²) in [5.41, 5.74) is 1.10. The average molecular weight is 403 g/mol. The number of nitrogens with zero attached hydrogens (tertiary/aromatic N) is 2. The fraction of sp³-hybridized carbons (Fsp3) is 0.381. The quantitative estimate of drug-likeness (QED) is 0.770. The zero-order valence-electron chi connectivity index (χ0n) is 16.0. The first-order chi connectivity index (χ1) is 13.4. The summed E-state index contributed by atoms with van der Waals surface area (Å²) in [6.07, 6.45) is 1.85. The van der Waals surface area contributed by atoms with Crippen molar-refractivity contribution in [3.8, 4) is 0 Å². The third kappa shape index (κ3) is 4.79. The summed E-state index contributed by atoms with van der Waals surface area (Å²) >= 11 is 0. The fourth-order valence-corrected chi connectivity index (χ4v) is 5.09. The minimum absolute atomic E-state index is 0.147. The van der Waals surface area contributed by atoms with Crippen LogP contribution in [0, 0.1) is 5.92 Å². The Balaban J connectivity index is 1.60. The summed E-state index contributed by atoms with van der Waals surface area (Å²) in [7, 11) is -2.31. The SMILES string of the molecule is CN(CC1CCN(Cc2ccccc2)CC1)S(=O)(=O)c1ccccc1C(=O)O. The average Bonchev–Trinajstić information content (AvgIpc) is 2.70. The van der Waals surface area contributed by atoms with E-state index < -0.39 is 16.0 Å². The molecular weight excluding hydrogens is 376 g/mol. The highest BCUT2D eigenvalue weighted by molar-refractivity contribution is 7.89. The number of aromatic carboxylic acids is 1. The van der Waals surface area contributed by atoms with Gasteiger partial charge in [-0.3, -0.25) is 4.90 Å². The van der Waals surface area contributed by atoms with E-state index in [1.54, 1.807) is 6.07 Å². The molecule has 1 N–H and O–H groups in total. The Morgan fingerprint density at radius 1 is 1.07 bits per heavy atom. The van der Waals surface area contributed by atoms with Crippen LogP contribution in [-0.4, -0.2) is 55.4 Å². The van der Waals surface area contributed by atoms with E-state index in [0.717, 1.165) is 32.5 Å². The number of hydrogen-bond donors (Lipinski definition) is 1. The van der Waals surface area contributed by atoms with E-state index in [1.807, 2.05) is 18.2 Å². The third-order valence-corrected chi connectivity index (χ3v) is 7.16. The zero-order chi connectivity index (χ0) is 20.1. The first kappa shape index (κ1) is 20.5. The molecule has 0 atom stereocenters. The second kappa shape index (κ2) is 8.86. The van der Waals surface area contributed by atoms with Crippen LogP contribution < -0.4 is 0 Å². The van der Waals surface area contributed by atoms with Crippen molar-refractivity contribution in [1.82, 2.24) is 9.21 Å². The van der Waals surface area contributed by atoms with Crippen molar-refractivity contribution >= 4 is 16.0 Å². The Hall–Kier alpha value is -2.22. The molecule has 28 heavy (non-hydrogen) atoms. The van der Waals surface area contributed by atoms with Crippen molar-refractivity contribution in [3.63, 3.8) is 0 Å². The number of benzene rings is 2. The summed E-state index contributed by atoms with van der Waals surface area (Å²) in [6, 6.07) is 16.1. The molecule has 1 fully saturated rings. The Morgan fingerprint density at radius 3 is 2.32 bits per heavy atom. The van der Waals surface area contributed by atoms with Crippen molar-refractivity contribution in [2.45, 2.75) is 24.3 Å². The standard InChI is InChI=1S/C21H26N2O4S/c1-22(28(26,27)20-10-6-5-9-19(20)21(24)25)15-18-11-13-23(14-12-18)16-17-7-3-2-4-8-17/h2-10,18H,11-16H2,1H3,(H,24,25). The molecule has 0 spiro atoms. The van der Waals surface area contributed by atoms with Crippen molar-refractivity contribution in [2.75, 3.05) is 26.7 Å². The first-order valence-corrected chi connectivity index (χ1v) is 10.9. The second-order valence-electron chi connectivity index (χ2n) is 7.29. The third-order valence-electron chi connectivity index (χ3n) is 5.28. The summed E-state index contributed by atoms with van der Waals surface area (Å²) in [5.74, 6) is -0.967. The smallest absolute Gasteiger partial charge is 0.337 e. The highest BCUT2D eigenvalue weighted by Crippen LogP contribution is 2.24. The molecule has 1 heterocycles. The maximum absolute atomic E-state index is 12.9. The maximum Gasteiger partial charge on any atom is 0.337 e. The van der Waals surface area contributed by atoms with Crippen LogP contribution in [0.5, 0.6) is 0 Å². The molecule has 1 aliphatic rings. The zero-order valence-corrected chi connectivity index (χ0v) is 16.8. The molecule has 2 aromatic rings. The summed E-state index contributed by atoms with van der Waals surface area (Å²) < 4.78 is 27.1. The van der Waals surface area contributed by atoms with E-state index in [2.05, 4.69) is 17.0 Å². The number of rotatable bonds is 7. The normalized spacial score (nSPS) is 16.4. The van der Waals surface area contributed by atoms with Gasteiger partial charge in [0.2, 0.25) is 10.0 Å². The molecule has 0 aromatic heterocycles. The van der Waals surface area contributed by atoms with Crippen molar-refractivity contribution in [2.24, 2.45) is 5.92 Å². The molecule has 0 unspecified atom stereocenters. The lowest BCUT2D eigenvalue weighted by atomic mass is 9.96. The van der Waals surface area contributed by atoms with Crippen molar-refractivity contribution < 1.29 is 18.3 Å². The van der Waals surface area contributed by atoms with Gasteiger partial charge in [-0.1, -0.05) is 42.5 Å². The molecule has 3 rings (SSSR count). The number of sulfonamides is 1. The van der Waals surface area contributed by atoms with Crippen LogP contribution in [0.2, 0.25) is 0 Å². The van der Waals surface area contributed by atoms with Crippen LogP contribution in [-0.2, 0) is 16.6 Å². The first-order valence-electron chi connectivity index (χ1n) is 9.43. The van der Waals surface area contributed by atoms with Crippen LogP contribution in [0.25, 0.3) is 0 Å². The van der Waals surface area contributed by atoms with Gasteiger partial charge < -0.3 is 5.11 Å². The number of likely N-dealkylation sites (tertiary alicyclic amines) is 1. The van der Waals surface area contributed by atoms with Gasteiger partial charge >= 0.3 is 5.97 Å². The maximum atomic E-state index is 12.9. The molecule has 0 radical (unpaired) electrons. The molecule has 0 saturated carbocycles. The van der Waals surface area contributed by atoms with Gasteiger partial charge in [-0.25, -0.2) is 17.5 Å². The predicted molar refractivity (Wildman–Crippen MR) is 108 cm³/mol. The van der Waals surface area contributed by atoms with Crippen LogP contribution in [0.1, 0.15) is 28.8 Å². The lowest BCUT2D eigenvalue weighted by Crippen LogP contribution is -2.39. The monoisotopic (exact) mass is 402 g/mol. The molecule has 0 amide bonds. The van der Waals surface area contributed by atoms with E-state index in [1.165, 1.54) is 35.1 Å². The molecule has 1 saturated heterocycles. The topological polar surface area (TPSA) is 77.9 Å². The van der Waals surface area contributed by atoms with E-state index in [4.69, 9.17) is 0 Å². The van der Waals surface area contributed by atoms with Gasteiger partial charge in [0.15, 0.2) is 0 Å². The largest absolute Gasteiger partial charge is 0.478 e. The molecule has 7 heteroatoms. The fourth-order valence-electron chi connectivity index (χ4n) is 3.67. The second-order valence-corrected chi connectivity index (χ2v) is 9.31. The Bertz CT molecular complexity index is 907. The van der Waals surface area contributed by atoms with Gasteiger partial charge in [0.05, 0.1) is 10.5 Å². The van der Waals surface area contributed by atoms with Gasteiger partial charge in [-0.2, -0.15) is 0 Å². The molecular formula is C21H26N2O4S. The van der Waals surface area contributed by atoms with Gasteiger partial charge in [0.1, 0.15) is 0 Å². The van der Waals surface area contributed by atoms with E-state index >= 15 is 0 Å². The number of hydrogen-bond acceptors (Lipinski definition) is 4. The van der Waals surface area contributed by atoms with Crippen molar-refractivity contribution in [1.29, 1.82) is 0 Å². The van der Waals surface area contributed by atoms with Crippen LogP contribution >= 0.6 is 0 Å². The Labute approximate surface area is 166 Å². The van der Waals surface area contributed by atoms with Crippen LogP contribution in [0.15, 0.2) is 59.5 Å². The molecule has 2 aromatic carbocycles. The Morgan fingerprint density at radius 2 is 1.68 bits per heavy atom. The van der Waals surface area contributed by atoms with Gasteiger partial charge in [-0.05, 0) is 49.5 Å². The minimum atomic E-state index is -3.84. The summed E-state index contributed by atoms with van der Waals surface area (Å²) in [6.45, 7) is 3.17. The minimum Gasteiger partial charge on any atom is -0.478 e. The summed E-state index contributed by atoms with van der Waals surface area (Å²) in [5, 5.41) is 9.29. The molecule has 0 bridgehead atoms. The van der Waals surface area contributed by atoms with E-state index in [0.29, 0.717) is 6.54 Å². The van der Waals surface area contributed by atoms with Gasteiger partial charge in [0.25, 0.3) is 0 Å². The number of carboxylic acid groups (broad SMARTS) is 1. The van der Waals surface area contributed by atoms with Gasteiger partial charge in [0, 0.05) is 20.1 Å². The number of carbonyl (C=O) groups is 1. The van der Waals surface area contributed by atoms with E-state index in [-0.39, 0.29) is 16.4 Å². The van der Waals surface area contributed by atoms with Crippen molar-refractivity contribution in [3.05, 3.63) is 65.7 Å². The van der Waals surface area contributed by atoms with E-state index in [9.17, 15) is 18.3 Å². The molecule has 150 valence electrons. The molecule has 6 nitrogen and oxygen atoms in total. The lowest BCUT2D eigenvalue weighted by Gasteiger charge is -2.33. The van der Waals surface area contributed by atoms with Crippen LogP contribution in [0.4, 0.5) is 0 Å². The predicted octanol–water partition coefficient (Wildman–Crippen LogP) is 2.92. The molecule has 1 aliphatic heterocycles. The van der Waals surface area contributed by atoms with Gasteiger partial charge in [-0.15, -0.1) is 0 Å². The summed E-state index contributed by atoms with van der Waals surface area (Å²) in [4.78, 5) is 13.6. The highest BCUT2D eigenvalue weighted by atomic mass is 32.2. The lowest BCUT2D eigenvalue weighted by molar-refractivity contribution is 0.0692. The van der Waals surface area contributed by atoms with Crippen LogP contribution in [0.3, 0.4) is 0 Å². The number of piperidine rings is 1. The highest BCUT2D eigenvalue weighted by Gasteiger charge is 2.29. The number of carboxylic acids is 1.